The zero-order chi connectivity index (χ0) is 30.9. The van der Waals surface area contributed by atoms with Gasteiger partial charge in [-0.15, -0.1) is 0 Å². The number of aromatic nitrogens is 1. The maximum Gasteiger partial charge on any atom is 0.180 e. The lowest BCUT2D eigenvalue weighted by Crippen LogP contribution is -2.75. The number of para-hydroxylation sites is 2. The minimum Gasteiger partial charge on any atom is -0.309 e. The van der Waals surface area contributed by atoms with Crippen molar-refractivity contribution >= 4 is 50.6 Å². The van der Waals surface area contributed by atoms with Crippen LogP contribution in [0.2, 0.25) is 0 Å². The number of nitrogens with zero attached hydrogens (tertiary/aromatic N) is 2. The van der Waals surface area contributed by atoms with E-state index in [1.54, 1.807) is 0 Å². The predicted molar refractivity (Wildman–Crippen MR) is 195 cm³/mol. The van der Waals surface area contributed by atoms with Gasteiger partial charge in [-0.05, 0) is 62.2 Å². The van der Waals surface area contributed by atoms with Gasteiger partial charge in [0.2, 0.25) is 0 Å². The summed E-state index contributed by atoms with van der Waals surface area (Å²) in [6.45, 7) is 0. The highest BCUT2D eigenvalue weighted by atomic mass is 28.3. The monoisotopic (exact) mass is 602 g/mol. The minimum absolute atomic E-state index is 0.725. The summed E-state index contributed by atoms with van der Waals surface area (Å²) in [7, 11) is -2.87. The fourth-order valence-electron chi connectivity index (χ4n) is 7.19. The van der Waals surface area contributed by atoms with E-state index in [2.05, 4.69) is 180 Å². The van der Waals surface area contributed by atoms with Crippen LogP contribution in [0.5, 0.6) is 0 Å². The molecule has 0 saturated heterocycles. The van der Waals surface area contributed by atoms with E-state index in [0.717, 1.165) is 27.6 Å². The van der Waals surface area contributed by atoms with Crippen molar-refractivity contribution in [3.05, 3.63) is 188 Å². The molecule has 0 bridgehead atoms. The van der Waals surface area contributed by atoms with Crippen molar-refractivity contribution in [3.8, 4) is 22.9 Å². The van der Waals surface area contributed by atoms with Gasteiger partial charge in [-0.25, -0.2) is 0 Å². The summed E-state index contributed by atoms with van der Waals surface area (Å²) in [5.41, 5.74) is 6.58. The molecule has 0 radical (unpaired) electrons. The fraction of sp³-hybridized carbons (Fsp3) is 0. The standard InChI is InChI=1S/C43H30N2Si/c44-31-34-14-7-12-25-43(34)46(36-16-3-1-4-17-36,37-18-5-2-6-19-37)38-20-13-15-33(30-38)32-26-28-35(29-27-32)45-41-23-10-8-21-39(41)40-22-9-11-24-42(40)45/h1-30H. The second-order valence-electron chi connectivity index (χ2n) is 11.6. The van der Waals surface area contributed by atoms with Crippen LogP contribution in [-0.4, -0.2) is 12.6 Å². The van der Waals surface area contributed by atoms with Crippen molar-refractivity contribution in [1.29, 1.82) is 5.26 Å². The molecule has 46 heavy (non-hydrogen) atoms. The molecule has 2 nitrogen and oxygen atoms in total. The van der Waals surface area contributed by atoms with E-state index in [9.17, 15) is 5.26 Å². The van der Waals surface area contributed by atoms with Gasteiger partial charge in [0, 0.05) is 16.5 Å². The Kier molecular flexibility index (Phi) is 6.91. The second kappa shape index (κ2) is 11.5. The Morgan fingerprint density at radius 3 is 1.57 bits per heavy atom. The Morgan fingerprint density at radius 1 is 0.435 bits per heavy atom. The summed E-state index contributed by atoms with van der Waals surface area (Å²) in [4.78, 5) is 0. The van der Waals surface area contributed by atoms with E-state index < -0.39 is 8.07 Å². The molecule has 7 aromatic carbocycles. The van der Waals surface area contributed by atoms with Crippen LogP contribution in [0.15, 0.2) is 182 Å². The summed E-state index contributed by atoms with van der Waals surface area (Å²) < 4.78 is 2.35. The zero-order valence-electron chi connectivity index (χ0n) is 25.2. The molecule has 3 heteroatoms. The number of hydrogen-bond acceptors (Lipinski definition) is 1. The van der Waals surface area contributed by atoms with Crippen LogP contribution < -0.4 is 20.7 Å². The summed E-state index contributed by atoms with van der Waals surface area (Å²) >= 11 is 0. The van der Waals surface area contributed by atoms with Crippen molar-refractivity contribution in [1.82, 2.24) is 4.57 Å². The van der Waals surface area contributed by atoms with Crippen molar-refractivity contribution in [2.45, 2.75) is 0 Å². The van der Waals surface area contributed by atoms with Gasteiger partial charge >= 0.3 is 0 Å². The minimum atomic E-state index is -2.87. The first-order valence-corrected chi connectivity index (χ1v) is 17.6. The highest BCUT2D eigenvalue weighted by Crippen LogP contribution is 2.32. The van der Waals surface area contributed by atoms with Crippen molar-refractivity contribution in [2.75, 3.05) is 0 Å². The molecule has 0 aliphatic heterocycles. The molecule has 0 atom stereocenters. The highest BCUT2D eigenvalue weighted by molar-refractivity contribution is 7.20. The summed E-state index contributed by atoms with van der Waals surface area (Å²) in [5.74, 6) is 0. The maximum atomic E-state index is 10.4. The van der Waals surface area contributed by atoms with Crippen LogP contribution >= 0.6 is 0 Å². The first-order valence-electron chi connectivity index (χ1n) is 15.6. The lowest BCUT2D eigenvalue weighted by Gasteiger charge is -2.35. The van der Waals surface area contributed by atoms with Gasteiger partial charge in [0.1, 0.15) is 0 Å². The molecular formula is C43H30N2Si. The first kappa shape index (κ1) is 27.6. The SMILES string of the molecule is N#Cc1ccccc1[Si](c1ccccc1)(c1ccccc1)c1cccc(-c2ccc(-n3c4ccccc4c4ccccc43)cc2)c1. The third-order valence-electron chi connectivity index (χ3n) is 9.20. The Morgan fingerprint density at radius 2 is 0.957 bits per heavy atom. The van der Waals surface area contributed by atoms with E-state index in [1.165, 1.54) is 37.4 Å². The average molecular weight is 603 g/mol. The highest BCUT2D eigenvalue weighted by Gasteiger charge is 2.43. The molecule has 8 rings (SSSR count). The molecule has 0 saturated carbocycles. The molecule has 0 amide bonds. The second-order valence-corrected chi connectivity index (χ2v) is 15.4. The Labute approximate surface area is 270 Å². The fourth-order valence-corrected chi connectivity index (χ4v) is 12.1. The van der Waals surface area contributed by atoms with E-state index in [-0.39, 0.29) is 0 Å². The van der Waals surface area contributed by atoms with Crippen LogP contribution in [0.25, 0.3) is 38.6 Å². The molecular weight excluding hydrogens is 573 g/mol. The number of nitriles is 1. The van der Waals surface area contributed by atoms with Crippen LogP contribution in [0, 0.1) is 11.3 Å². The smallest absolute Gasteiger partial charge is 0.180 e. The zero-order valence-corrected chi connectivity index (χ0v) is 26.2. The molecule has 0 fully saturated rings. The van der Waals surface area contributed by atoms with Gasteiger partial charge in [0.15, 0.2) is 8.07 Å². The van der Waals surface area contributed by atoms with Gasteiger partial charge in [-0.1, -0.05) is 152 Å². The van der Waals surface area contributed by atoms with Crippen LogP contribution in [0.4, 0.5) is 0 Å². The number of rotatable bonds is 6. The summed E-state index contributed by atoms with van der Waals surface area (Å²) in [6.07, 6.45) is 0. The molecule has 0 aliphatic rings. The maximum absolute atomic E-state index is 10.4. The quantitative estimate of drug-likeness (QED) is 0.142. The average Bonchev–Trinajstić information content (AvgIpc) is 3.48. The van der Waals surface area contributed by atoms with E-state index in [4.69, 9.17) is 0 Å². The molecule has 0 aliphatic carbocycles. The number of hydrogen-bond donors (Lipinski definition) is 0. The summed E-state index contributed by atoms with van der Waals surface area (Å²) in [5, 5.41) is 17.7. The van der Waals surface area contributed by atoms with Gasteiger partial charge in [-0.2, -0.15) is 5.26 Å². The molecule has 0 spiro atoms. The Balaban J connectivity index is 1.31. The molecule has 0 unspecified atom stereocenters. The largest absolute Gasteiger partial charge is 0.309 e. The van der Waals surface area contributed by atoms with Crippen LogP contribution in [-0.2, 0) is 0 Å². The third-order valence-corrected chi connectivity index (χ3v) is 14.0. The third kappa shape index (κ3) is 4.39. The normalized spacial score (nSPS) is 11.5. The molecule has 1 heterocycles. The Bertz CT molecular complexity index is 2270. The van der Waals surface area contributed by atoms with Crippen molar-refractivity contribution < 1.29 is 0 Å². The lowest BCUT2D eigenvalue weighted by molar-refractivity contribution is 1.18. The van der Waals surface area contributed by atoms with E-state index >= 15 is 0 Å². The van der Waals surface area contributed by atoms with E-state index in [1.807, 2.05) is 12.1 Å². The molecule has 216 valence electrons. The molecule has 0 N–H and O–H groups in total. The van der Waals surface area contributed by atoms with Crippen LogP contribution in [0.1, 0.15) is 5.56 Å². The van der Waals surface area contributed by atoms with Gasteiger partial charge < -0.3 is 4.57 Å². The van der Waals surface area contributed by atoms with Gasteiger partial charge in [0.25, 0.3) is 0 Å². The lowest BCUT2D eigenvalue weighted by atomic mass is 10.1. The molecule has 8 aromatic rings. The van der Waals surface area contributed by atoms with Crippen molar-refractivity contribution in [2.24, 2.45) is 0 Å². The summed E-state index contributed by atoms with van der Waals surface area (Å²) in [6, 6.07) is 67.4. The Hall–Kier alpha value is -5.95. The number of benzene rings is 7. The molecule has 1 aromatic heterocycles. The van der Waals surface area contributed by atoms with Gasteiger partial charge in [-0.3, -0.25) is 0 Å². The predicted octanol–water partition coefficient (Wildman–Crippen LogP) is 7.70. The topological polar surface area (TPSA) is 28.7 Å². The van der Waals surface area contributed by atoms with Gasteiger partial charge in [0.05, 0.1) is 22.7 Å². The van der Waals surface area contributed by atoms with E-state index in [0.29, 0.717) is 0 Å². The van der Waals surface area contributed by atoms with Crippen LogP contribution in [0.3, 0.4) is 0 Å². The number of fused-ring (bicyclic) bond motifs is 3. The van der Waals surface area contributed by atoms with Crippen molar-refractivity contribution in [3.63, 3.8) is 0 Å². The first-order chi connectivity index (χ1) is 22.8.